The quantitative estimate of drug-likeness (QED) is 0.855. The second-order valence-electron chi connectivity index (χ2n) is 4.38. The van der Waals surface area contributed by atoms with E-state index in [0.717, 1.165) is 5.56 Å². The van der Waals surface area contributed by atoms with Gasteiger partial charge in [0.15, 0.2) is 0 Å². The Hall–Kier alpha value is -0.810. The maximum absolute atomic E-state index is 9.42. The van der Waals surface area contributed by atoms with E-state index in [0.29, 0.717) is 24.0 Å². The first-order chi connectivity index (χ1) is 8.13. The number of benzene rings is 1. The zero-order valence-electron chi connectivity index (χ0n) is 9.65. The summed E-state index contributed by atoms with van der Waals surface area (Å²) >= 11 is 6.05. The molecule has 1 aromatic rings. The van der Waals surface area contributed by atoms with Gasteiger partial charge in [-0.1, -0.05) is 17.7 Å². The Labute approximate surface area is 105 Å². The molecule has 4 nitrogen and oxygen atoms in total. The molecule has 0 bridgehead atoms. The van der Waals surface area contributed by atoms with Gasteiger partial charge >= 0.3 is 0 Å². The summed E-state index contributed by atoms with van der Waals surface area (Å²) in [6.45, 7) is 0.973. The third-order valence-corrected chi connectivity index (χ3v) is 3.58. The topological polar surface area (TPSA) is 64.7 Å². The Kier molecular flexibility index (Phi) is 3.58. The largest absolute Gasteiger partial charge is 0.495 e. The maximum atomic E-state index is 9.42. The van der Waals surface area contributed by atoms with Gasteiger partial charge in [-0.05, 0) is 17.7 Å². The summed E-state index contributed by atoms with van der Waals surface area (Å²) in [4.78, 5) is 0. The molecule has 1 atom stereocenters. The normalized spacial score (nSPS) is 19.5. The SMILES string of the molecule is COc1ccc(C(N)C2(CO)COC2)cc1Cl. The minimum atomic E-state index is -0.377. The van der Waals surface area contributed by atoms with Gasteiger partial charge in [0.2, 0.25) is 0 Å². The van der Waals surface area contributed by atoms with Gasteiger partial charge in [-0.3, -0.25) is 0 Å². The Morgan fingerprint density at radius 3 is 2.71 bits per heavy atom. The monoisotopic (exact) mass is 257 g/mol. The number of nitrogens with two attached hydrogens (primary N) is 1. The summed E-state index contributed by atoms with van der Waals surface area (Å²) in [5.41, 5.74) is 6.67. The number of halogens is 1. The average molecular weight is 258 g/mol. The van der Waals surface area contributed by atoms with E-state index in [4.69, 9.17) is 26.8 Å². The molecule has 0 aliphatic carbocycles. The van der Waals surface area contributed by atoms with Crippen molar-refractivity contribution in [3.8, 4) is 5.75 Å². The molecule has 1 heterocycles. The van der Waals surface area contributed by atoms with Gasteiger partial charge in [0.25, 0.3) is 0 Å². The average Bonchev–Trinajstić information content (AvgIpc) is 2.28. The minimum absolute atomic E-state index is 0.0117. The van der Waals surface area contributed by atoms with E-state index in [1.165, 1.54) is 0 Å². The maximum Gasteiger partial charge on any atom is 0.137 e. The van der Waals surface area contributed by atoms with Crippen LogP contribution in [0.4, 0.5) is 0 Å². The van der Waals surface area contributed by atoms with Crippen molar-refractivity contribution in [2.75, 3.05) is 26.9 Å². The van der Waals surface area contributed by atoms with Crippen LogP contribution in [-0.4, -0.2) is 32.0 Å². The first kappa shape index (κ1) is 12.6. The highest BCUT2D eigenvalue weighted by Crippen LogP contribution is 2.40. The molecular weight excluding hydrogens is 242 g/mol. The summed E-state index contributed by atoms with van der Waals surface area (Å²) in [6, 6.07) is 5.14. The van der Waals surface area contributed by atoms with Crippen LogP contribution in [0.3, 0.4) is 0 Å². The van der Waals surface area contributed by atoms with Crippen molar-refractivity contribution in [2.24, 2.45) is 11.1 Å². The summed E-state index contributed by atoms with van der Waals surface area (Å²) in [5.74, 6) is 0.616. The van der Waals surface area contributed by atoms with Gasteiger partial charge in [-0.25, -0.2) is 0 Å². The van der Waals surface area contributed by atoms with E-state index < -0.39 is 0 Å². The Morgan fingerprint density at radius 2 is 2.29 bits per heavy atom. The van der Waals surface area contributed by atoms with Gasteiger partial charge in [-0.15, -0.1) is 0 Å². The standard InChI is InChI=1S/C12H16ClNO3/c1-16-10-3-2-8(4-9(10)13)11(14)12(5-15)6-17-7-12/h2-4,11,15H,5-7,14H2,1H3. The van der Waals surface area contributed by atoms with Crippen molar-refractivity contribution in [3.05, 3.63) is 28.8 Å². The van der Waals surface area contributed by atoms with Gasteiger partial charge < -0.3 is 20.3 Å². The van der Waals surface area contributed by atoms with Crippen LogP contribution in [0.1, 0.15) is 11.6 Å². The van der Waals surface area contributed by atoms with E-state index in [1.54, 1.807) is 19.2 Å². The summed E-state index contributed by atoms with van der Waals surface area (Å²) in [5, 5.41) is 9.94. The fraction of sp³-hybridized carbons (Fsp3) is 0.500. The van der Waals surface area contributed by atoms with Crippen LogP contribution in [-0.2, 0) is 4.74 Å². The first-order valence-corrected chi connectivity index (χ1v) is 5.78. The molecule has 1 aliphatic heterocycles. The second-order valence-corrected chi connectivity index (χ2v) is 4.79. The molecule has 0 radical (unpaired) electrons. The van der Waals surface area contributed by atoms with E-state index in [2.05, 4.69) is 0 Å². The molecule has 3 N–H and O–H groups in total. The van der Waals surface area contributed by atoms with Crippen LogP contribution in [0, 0.1) is 5.41 Å². The Morgan fingerprint density at radius 1 is 1.59 bits per heavy atom. The summed E-state index contributed by atoms with van der Waals surface area (Å²) < 4.78 is 10.2. The smallest absolute Gasteiger partial charge is 0.137 e. The lowest BCUT2D eigenvalue weighted by atomic mass is 9.76. The predicted octanol–water partition coefficient (Wildman–Crippen LogP) is 1.36. The third-order valence-electron chi connectivity index (χ3n) is 3.29. The lowest BCUT2D eigenvalue weighted by Crippen LogP contribution is -2.52. The Balaban J connectivity index is 2.25. The number of hydrogen-bond acceptors (Lipinski definition) is 4. The molecule has 0 aromatic heterocycles. The summed E-state index contributed by atoms with van der Waals surface area (Å²) in [7, 11) is 1.57. The fourth-order valence-electron chi connectivity index (χ4n) is 1.96. The van der Waals surface area contributed by atoms with Crippen molar-refractivity contribution in [1.29, 1.82) is 0 Å². The number of rotatable bonds is 4. The highest BCUT2D eigenvalue weighted by atomic mass is 35.5. The highest BCUT2D eigenvalue weighted by Gasteiger charge is 2.44. The van der Waals surface area contributed by atoms with Gasteiger partial charge in [0.1, 0.15) is 5.75 Å². The van der Waals surface area contributed by atoms with Gasteiger partial charge in [-0.2, -0.15) is 0 Å². The second kappa shape index (κ2) is 4.82. The zero-order chi connectivity index (χ0) is 12.5. The van der Waals surface area contributed by atoms with E-state index >= 15 is 0 Å². The van der Waals surface area contributed by atoms with E-state index in [1.807, 2.05) is 6.07 Å². The number of aliphatic hydroxyl groups excluding tert-OH is 1. The van der Waals surface area contributed by atoms with Gasteiger partial charge in [0.05, 0.1) is 37.4 Å². The van der Waals surface area contributed by atoms with Crippen LogP contribution in [0.2, 0.25) is 5.02 Å². The van der Waals surface area contributed by atoms with Gasteiger partial charge in [0, 0.05) is 6.04 Å². The molecule has 94 valence electrons. The lowest BCUT2D eigenvalue weighted by Gasteiger charge is -2.44. The molecule has 17 heavy (non-hydrogen) atoms. The number of ether oxygens (including phenoxy) is 2. The molecule has 1 saturated heterocycles. The van der Waals surface area contributed by atoms with Crippen molar-refractivity contribution >= 4 is 11.6 Å². The van der Waals surface area contributed by atoms with Crippen molar-refractivity contribution in [1.82, 2.24) is 0 Å². The van der Waals surface area contributed by atoms with E-state index in [-0.39, 0.29) is 18.1 Å². The third kappa shape index (κ3) is 2.13. The van der Waals surface area contributed by atoms with Crippen molar-refractivity contribution in [2.45, 2.75) is 6.04 Å². The highest BCUT2D eigenvalue weighted by molar-refractivity contribution is 6.32. The minimum Gasteiger partial charge on any atom is -0.495 e. The first-order valence-electron chi connectivity index (χ1n) is 5.40. The van der Waals surface area contributed by atoms with Crippen LogP contribution < -0.4 is 10.5 Å². The Bertz CT molecular complexity index is 401. The molecule has 1 aromatic carbocycles. The van der Waals surface area contributed by atoms with E-state index in [9.17, 15) is 5.11 Å². The van der Waals surface area contributed by atoms with Crippen molar-refractivity contribution < 1.29 is 14.6 Å². The number of hydrogen-bond donors (Lipinski definition) is 2. The molecule has 5 heteroatoms. The molecule has 1 aliphatic rings. The molecule has 0 spiro atoms. The lowest BCUT2D eigenvalue weighted by molar-refractivity contribution is -0.150. The zero-order valence-corrected chi connectivity index (χ0v) is 10.4. The fourth-order valence-corrected chi connectivity index (χ4v) is 2.23. The molecule has 1 fully saturated rings. The molecule has 0 amide bonds. The van der Waals surface area contributed by atoms with Crippen molar-refractivity contribution in [3.63, 3.8) is 0 Å². The van der Waals surface area contributed by atoms with Crippen LogP contribution in [0.5, 0.6) is 5.75 Å². The molecule has 2 rings (SSSR count). The summed E-state index contributed by atoms with van der Waals surface area (Å²) in [6.07, 6.45) is 0. The van der Waals surface area contributed by atoms with Crippen LogP contribution in [0.25, 0.3) is 0 Å². The molecule has 0 saturated carbocycles. The molecular formula is C12H16ClNO3. The molecule has 1 unspecified atom stereocenters. The number of aliphatic hydroxyl groups is 1. The predicted molar refractivity (Wildman–Crippen MR) is 65.3 cm³/mol. The number of methoxy groups -OCH3 is 1. The van der Waals surface area contributed by atoms with Crippen LogP contribution in [0.15, 0.2) is 18.2 Å². The van der Waals surface area contributed by atoms with Crippen LogP contribution >= 0.6 is 11.6 Å².